The molecular formula is C14H24F3N3O. The van der Waals surface area contributed by atoms with Crippen LogP contribution in [0.25, 0.3) is 0 Å². The molecule has 2 N–H and O–H groups in total. The third-order valence-corrected chi connectivity index (χ3v) is 4.46. The number of nitrogens with zero attached hydrogens (tertiary/aromatic N) is 1. The van der Waals surface area contributed by atoms with Crippen LogP contribution in [0.2, 0.25) is 0 Å². The van der Waals surface area contributed by atoms with Gasteiger partial charge in [0.2, 0.25) is 5.91 Å². The van der Waals surface area contributed by atoms with Gasteiger partial charge >= 0.3 is 6.18 Å². The van der Waals surface area contributed by atoms with Crippen molar-refractivity contribution >= 4 is 5.91 Å². The molecule has 2 rings (SSSR count). The number of piperazine rings is 1. The van der Waals surface area contributed by atoms with Crippen LogP contribution in [0, 0.1) is 11.8 Å². The fourth-order valence-electron chi connectivity index (χ4n) is 3.24. The third-order valence-electron chi connectivity index (χ3n) is 4.46. The van der Waals surface area contributed by atoms with Gasteiger partial charge in [-0.1, -0.05) is 12.8 Å². The van der Waals surface area contributed by atoms with E-state index in [2.05, 4.69) is 15.5 Å². The molecule has 0 bridgehead atoms. The quantitative estimate of drug-likeness (QED) is 0.825. The van der Waals surface area contributed by atoms with Crippen LogP contribution in [0.15, 0.2) is 0 Å². The molecule has 21 heavy (non-hydrogen) atoms. The summed E-state index contributed by atoms with van der Waals surface area (Å²) in [5, 5.41) is 5.93. The van der Waals surface area contributed by atoms with Crippen LogP contribution in [0.3, 0.4) is 0 Å². The SMILES string of the molecule is O=C(NCCN1CCNCC1)C1CCCCC1C(F)(F)F. The number of nitrogens with one attached hydrogen (secondary N) is 2. The van der Waals surface area contributed by atoms with E-state index < -0.39 is 23.9 Å². The van der Waals surface area contributed by atoms with E-state index in [1.165, 1.54) is 0 Å². The number of carbonyl (C=O) groups is 1. The first-order chi connectivity index (χ1) is 9.98. The van der Waals surface area contributed by atoms with Crippen molar-refractivity contribution in [2.45, 2.75) is 31.9 Å². The first-order valence-corrected chi connectivity index (χ1v) is 7.76. The highest BCUT2D eigenvalue weighted by Gasteiger charge is 2.47. The molecule has 4 nitrogen and oxygen atoms in total. The fraction of sp³-hybridized carbons (Fsp3) is 0.929. The molecule has 2 aliphatic rings. The molecule has 2 fully saturated rings. The normalized spacial score (nSPS) is 28.3. The topological polar surface area (TPSA) is 44.4 Å². The Kier molecular flexibility index (Phi) is 5.87. The summed E-state index contributed by atoms with van der Waals surface area (Å²) in [6, 6.07) is 0. The Labute approximate surface area is 123 Å². The number of halogens is 3. The molecule has 1 aliphatic heterocycles. The minimum absolute atomic E-state index is 0.0827. The first kappa shape index (κ1) is 16.5. The highest BCUT2D eigenvalue weighted by Crippen LogP contribution is 2.41. The van der Waals surface area contributed by atoms with Gasteiger partial charge < -0.3 is 10.6 Å². The van der Waals surface area contributed by atoms with Crippen molar-refractivity contribution < 1.29 is 18.0 Å². The predicted molar refractivity (Wildman–Crippen MR) is 73.8 cm³/mol. The Morgan fingerprint density at radius 2 is 1.86 bits per heavy atom. The average molecular weight is 307 g/mol. The van der Waals surface area contributed by atoms with Gasteiger partial charge in [0.25, 0.3) is 0 Å². The molecule has 7 heteroatoms. The number of carbonyl (C=O) groups excluding carboxylic acids is 1. The van der Waals surface area contributed by atoms with E-state index in [9.17, 15) is 18.0 Å². The van der Waals surface area contributed by atoms with Crippen LogP contribution in [0.1, 0.15) is 25.7 Å². The van der Waals surface area contributed by atoms with Crippen LogP contribution in [-0.2, 0) is 4.79 Å². The molecule has 1 saturated heterocycles. The molecule has 2 atom stereocenters. The van der Waals surface area contributed by atoms with E-state index in [-0.39, 0.29) is 6.42 Å². The number of alkyl halides is 3. The van der Waals surface area contributed by atoms with Crippen LogP contribution in [-0.4, -0.2) is 56.3 Å². The number of hydrogen-bond acceptors (Lipinski definition) is 3. The zero-order valence-corrected chi connectivity index (χ0v) is 12.2. The molecule has 2 unspecified atom stereocenters. The van der Waals surface area contributed by atoms with E-state index in [0.29, 0.717) is 32.4 Å². The van der Waals surface area contributed by atoms with Gasteiger partial charge in [-0.15, -0.1) is 0 Å². The van der Waals surface area contributed by atoms with Gasteiger partial charge in [0, 0.05) is 45.2 Å². The molecule has 0 aromatic rings. The van der Waals surface area contributed by atoms with Crippen molar-refractivity contribution in [1.82, 2.24) is 15.5 Å². The van der Waals surface area contributed by atoms with Gasteiger partial charge in [-0.3, -0.25) is 9.69 Å². The maximum absolute atomic E-state index is 13.0. The summed E-state index contributed by atoms with van der Waals surface area (Å²) in [5.74, 6) is -2.79. The van der Waals surface area contributed by atoms with Gasteiger partial charge in [-0.05, 0) is 12.8 Å². The van der Waals surface area contributed by atoms with Crippen molar-refractivity contribution in [2.24, 2.45) is 11.8 Å². The summed E-state index contributed by atoms with van der Waals surface area (Å²) in [6.45, 7) is 4.82. The van der Waals surface area contributed by atoms with Gasteiger partial charge in [-0.25, -0.2) is 0 Å². The second kappa shape index (κ2) is 7.45. The largest absolute Gasteiger partial charge is 0.392 e. The van der Waals surface area contributed by atoms with Crippen LogP contribution < -0.4 is 10.6 Å². The summed E-state index contributed by atoms with van der Waals surface area (Å²) >= 11 is 0. The molecular weight excluding hydrogens is 283 g/mol. The molecule has 0 radical (unpaired) electrons. The van der Waals surface area contributed by atoms with Crippen molar-refractivity contribution in [3.8, 4) is 0 Å². The first-order valence-electron chi connectivity index (χ1n) is 7.76. The Morgan fingerprint density at radius 3 is 2.52 bits per heavy atom. The predicted octanol–water partition coefficient (Wildman–Crippen LogP) is 1.38. The zero-order valence-electron chi connectivity index (χ0n) is 12.2. The van der Waals surface area contributed by atoms with E-state index in [0.717, 1.165) is 26.2 Å². The lowest BCUT2D eigenvalue weighted by atomic mass is 9.78. The van der Waals surface area contributed by atoms with Crippen molar-refractivity contribution in [1.29, 1.82) is 0 Å². The summed E-state index contributed by atoms with van der Waals surface area (Å²) < 4.78 is 38.9. The lowest BCUT2D eigenvalue weighted by Gasteiger charge is -2.32. The van der Waals surface area contributed by atoms with Gasteiger partial charge in [-0.2, -0.15) is 13.2 Å². The van der Waals surface area contributed by atoms with Crippen molar-refractivity contribution in [3.63, 3.8) is 0 Å². The molecule has 0 aromatic heterocycles. The minimum Gasteiger partial charge on any atom is -0.355 e. The second-order valence-corrected chi connectivity index (χ2v) is 5.92. The van der Waals surface area contributed by atoms with Gasteiger partial charge in [0.15, 0.2) is 0 Å². The maximum atomic E-state index is 13.0. The average Bonchev–Trinajstić information content (AvgIpc) is 2.47. The zero-order chi connectivity index (χ0) is 15.3. The lowest BCUT2D eigenvalue weighted by molar-refractivity contribution is -0.198. The highest BCUT2D eigenvalue weighted by molar-refractivity contribution is 5.79. The van der Waals surface area contributed by atoms with E-state index >= 15 is 0 Å². The Morgan fingerprint density at radius 1 is 1.19 bits per heavy atom. The standard InChI is InChI=1S/C14H24F3N3O/c15-14(16,17)12-4-2-1-3-11(12)13(21)19-7-10-20-8-5-18-6-9-20/h11-12,18H,1-10H2,(H,19,21). The number of rotatable bonds is 4. The van der Waals surface area contributed by atoms with Gasteiger partial charge in [0.1, 0.15) is 0 Å². The van der Waals surface area contributed by atoms with Crippen LogP contribution in [0.4, 0.5) is 13.2 Å². The van der Waals surface area contributed by atoms with Crippen LogP contribution in [0.5, 0.6) is 0 Å². The smallest absolute Gasteiger partial charge is 0.355 e. The van der Waals surface area contributed by atoms with Gasteiger partial charge in [0.05, 0.1) is 5.92 Å². The molecule has 122 valence electrons. The molecule has 1 heterocycles. The fourth-order valence-corrected chi connectivity index (χ4v) is 3.24. The van der Waals surface area contributed by atoms with E-state index in [4.69, 9.17) is 0 Å². The summed E-state index contributed by atoms with van der Waals surface area (Å²) in [4.78, 5) is 14.3. The lowest BCUT2D eigenvalue weighted by Crippen LogP contribution is -2.48. The summed E-state index contributed by atoms with van der Waals surface area (Å²) in [6.07, 6.45) is -2.55. The van der Waals surface area contributed by atoms with Crippen LogP contribution >= 0.6 is 0 Å². The maximum Gasteiger partial charge on any atom is 0.392 e. The number of hydrogen-bond donors (Lipinski definition) is 2. The summed E-state index contributed by atoms with van der Waals surface area (Å²) in [7, 11) is 0. The van der Waals surface area contributed by atoms with Crippen molar-refractivity contribution in [3.05, 3.63) is 0 Å². The molecule has 1 aliphatic carbocycles. The van der Waals surface area contributed by atoms with E-state index in [1.807, 2.05) is 0 Å². The molecule has 1 amide bonds. The highest BCUT2D eigenvalue weighted by atomic mass is 19.4. The Balaban J connectivity index is 1.77. The summed E-state index contributed by atoms with van der Waals surface area (Å²) in [5.41, 5.74) is 0. The minimum atomic E-state index is -4.26. The monoisotopic (exact) mass is 307 g/mol. The molecule has 0 spiro atoms. The van der Waals surface area contributed by atoms with Crippen molar-refractivity contribution in [2.75, 3.05) is 39.3 Å². The number of amides is 1. The Hall–Kier alpha value is -0.820. The molecule has 1 saturated carbocycles. The second-order valence-electron chi connectivity index (χ2n) is 5.92. The molecule has 0 aromatic carbocycles. The Bertz CT molecular complexity index is 343. The third kappa shape index (κ3) is 4.85. The van der Waals surface area contributed by atoms with E-state index in [1.54, 1.807) is 0 Å².